The van der Waals surface area contributed by atoms with Crippen molar-refractivity contribution in [3.05, 3.63) is 29.8 Å². The van der Waals surface area contributed by atoms with Crippen LogP contribution in [0.5, 0.6) is 0 Å². The predicted molar refractivity (Wildman–Crippen MR) is 44.6 cm³/mol. The maximum atomic E-state index is 13.0. The Hall–Kier alpha value is -1.40. The first-order valence-electron chi connectivity index (χ1n) is 3.55. The summed E-state index contributed by atoms with van der Waals surface area (Å²) in [7, 11) is 0. The molecule has 1 heterocycles. The Morgan fingerprint density at radius 2 is 2.50 bits per heavy atom. The van der Waals surface area contributed by atoms with Crippen molar-refractivity contribution in [2.45, 2.75) is 12.5 Å². The molecule has 0 radical (unpaired) electrons. The maximum absolute atomic E-state index is 13.0. The third kappa shape index (κ3) is 1.80. The van der Waals surface area contributed by atoms with Gasteiger partial charge in [0.05, 0.1) is 11.7 Å². The van der Waals surface area contributed by atoms with Crippen LogP contribution >= 0.6 is 0 Å². The van der Waals surface area contributed by atoms with E-state index in [9.17, 15) is 4.39 Å². The first-order chi connectivity index (χ1) is 5.75. The normalized spacial score (nSPS) is 12.1. The standard InChI is InChI=1S/C9H9FN2/c1-2-4-8(11)9-7(10)5-3-6-12-9/h1,3,5-6,8H,4,11H2. The molecule has 0 amide bonds. The molecule has 1 atom stereocenters. The summed E-state index contributed by atoms with van der Waals surface area (Å²) in [5.41, 5.74) is 5.79. The van der Waals surface area contributed by atoms with Crippen LogP contribution < -0.4 is 5.73 Å². The van der Waals surface area contributed by atoms with Gasteiger partial charge in [-0.2, -0.15) is 0 Å². The average Bonchev–Trinajstić information content (AvgIpc) is 2.05. The molecule has 12 heavy (non-hydrogen) atoms. The quantitative estimate of drug-likeness (QED) is 0.668. The van der Waals surface area contributed by atoms with Gasteiger partial charge in [0.1, 0.15) is 5.82 Å². The number of rotatable bonds is 2. The molecule has 1 aromatic rings. The highest BCUT2D eigenvalue weighted by molar-refractivity contribution is 5.13. The minimum absolute atomic E-state index is 0.232. The summed E-state index contributed by atoms with van der Waals surface area (Å²) >= 11 is 0. The van der Waals surface area contributed by atoms with Gasteiger partial charge in [0.2, 0.25) is 0 Å². The number of terminal acetylenes is 1. The van der Waals surface area contributed by atoms with Gasteiger partial charge in [-0.1, -0.05) is 0 Å². The molecule has 1 rings (SSSR count). The smallest absolute Gasteiger partial charge is 0.146 e. The van der Waals surface area contributed by atoms with Crippen LogP contribution in [0.15, 0.2) is 18.3 Å². The molecule has 2 nitrogen and oxygen atoms in total. The third-order valence-corrected chi connectivity index (χ3v) is 1.48. The summed E-state index contributed by atoms with van der Waals surface area (Å²) in [6, 6.07) is 2.33. The molecular weight excluding hydrogens is 155 g/mol. The maximum Gasteiger partial charge on any atom is 0.146 e. The van der Waals surface area contributed by atoms with Crippen molar-refractivity contribution < 1.29 is 4.39 Å². The number of nitrogens with two attached hydrogens (primary N) is 1. The predicted octanol–water partition coefficient (Wildman–Crippen LogP) is 1.24. The van der Waals surface area contributed by atoms with E-state index in [0.29, 0.717) is 6.42 Å². The van der Waals surface area contributed by atoms with Crippen LogP contribution in [0.25, 0.3) is 0 Å². The van der Waals surface area contributed by atoms with Crippen LogP contribution in [0.2, 0.25) is 0 Å². The fraction of sp³-hybridized carbons (Fsp3) is 0.222. The summed E-state index contributed by atoms with van der Waals surface area (Å²) in [6.45, 7) is 0. The molecule has 0 saturated carbocycles. The van der Waals surface area contributed by atoms with Crippen molar-refractivity contribution >= 4 is 0 Å². The van der Waals surface area contributed by atoms with Gasteiger partial charge < -0.3 is 5.73 Å². The number of pyridine rings is 1. The molecule has 0 bridgehead atoms. The zero-order valence-electron chi connectivity index (χ0n) is 6.50. The molecule has 0 fully saturated rings. The monoisotopic (exact) mass is 164 g/mol. The van der Waals surface area contributed by atoms with Crippen molar-refractivity contribution in [3.8, 4) is 12.3 Å². The van der Waals surface area contributed by atoms with Gasteiger partial charge in [-0.15, -0.1) is 12.3 Å². The molecular formula is C9H9FN2. The zero-order chi connectivity index (χ0) is 8.97. The van der Waals surface area contributed by atoms with E-state index in [1.54, 1.807) is 0 Å². The fourth-order valence-corrected chi connectivity index (χ4v) is 0.894. The molecule has 0 aliphatic carbocycles. The van der Waals surface area contributed by atoms with Crippen LogP contribution in [0.3, 0.4) is 0 Å². The summed E-state index contributed by atoms with van der Waals surface area (Å²) < 4.78 is 13.0. The van der Waals surface area contributed by atoms with E-state index in [-0.39, 0.29) is 5.69 Å². The molecule has 3 heteroatoms. The van der Waals surface area contributed by atoms with Crippen LogP contribution in [0.1, 0.15) is 18.2 Å². The minimum atomic E-state index is -0.504. The lowest BCUT2D eigenvalue weighted by Gasteiger charge is -2.07. The molecule has 0 saturated heterocycles. The van der Waals surface area contributed by atoms with Crippen molar-refractivity contribution in [3.63, 3.8) is 0 Å². The van der Waals surface area contributed by atoms with Crippen LogP contribution in [0, 0.1) is 18.2 Å². The Labute approximate surface area is 70.6 Å². The van der Waals surface area contributed by atoms with Crippen molar-refractivity contribution in [2.24, 2.45) is 5.73 Å². The van der Waals surface area contributed by atoms with E-state index in [1.807, 2.05) is 0 Å². The van der Waals surface area contributed by atoms with E-state index in [4.69, 9.17) is 12.2 Å². The first kappa shape index (κ1) is 8.69. The summed E-state index contributed by atoms with van der Waals surface area (Å²) in [5.74, 6) is 1.96. The summed E-state index contributed by atoms with van der Waals surface area (Å²) in [4.78, 5) is 3.80. The van der Waals surface area contributed by atoms with E-state index >= 15 is 0 Å². The van der Waals surface area contributed by atoms with Crippen LogP contribution in [-0.2, 0) is 0 Å². The molecule has 1 unspecified atom stereocenters. The summed E-state index contributed by atoms with van der Waals surface area (Å²) in [6.07, 6.45) is 6.83. The molecule has 0 aromatic carbocycles. The molecule has 62 valence electrons. The van der Waals surface area contributed by atoms with Crippen LogP contribution in [-0.4, -0.2) is 4.98 Å². The van der Waals surface area contributed by atoms with Crippen molar-refractivity contribution in [1.29, 1.82) is 0 Å². The number of nitrogens with zero attached hydrogens (tertiary/aromatic N) is 1. The Bertz CT molecular complexity index is 304. The third-order valence-electron chi connectivity index (χ3n) is 1.48. The van der Waals surface area contributed by atoms with Gasteiger partial charge in [0, 0.05) is 12.6 Å². The van der Waals surface area contributed by atoms with Gasteiger partial charge in [-0.05, 0) is 12.1 Å². The molecule has 2 N–H and O–H groups in total. The van der Waals surface area contributed by atoms with E-state index in [2.05, 4.69) is 10.9 Å². The highest BCUT2D eigenvalue weighted by atomic mass is 19.1. The largest absolute Gasteiger partial charge is 0.322 e. The van der Waals surface area contributed by atoms with E-state index in [0.717, 1.165) is 0 Å². The van der Waals surface area contributed by atoms with E-state index < -0.39 is 11.9 Å². The van der Waals surface area contributed by atoms with E-state index in [1.165, 1.54) is 18.3 Å². The first-order valence-corrected chi connectivity index (χ1v) is 3.55. The molecule has 1 aromatic heterocycles. The Kier molecular flexibility index (Phi) is 2.78. The zero-order valence-corrected chi connectivity index (χ0v) is 6.50. The average molecular weight is 164 g/mol. The lowest BCUT2D eigenvalue weighted by atomic mass is 10.1. The second-order valence-corrected chi connectivity index (χ2v) is 2.39. The van der Waals surface area contributed by atoms with Gasteiger partial charge in [-0.3, -0.25) is 4.98 Å². The minimum Gasteiger partial charge on any atom is -0.322 e. The SMILES string of the molecule is C#CCC(N)c1ncccc1F. The summed E-state index contributed by atoms with van der Waals surface area (Å²) in [5, 5.41) is 0. The van der Waals surface area contributed by atoms with Gasteiger partial charge >= 0.3 is 0 Å². The lowest BCUT2D eigenvalue weighted by Crippen LogP contribution is -2.12. The van der Waals surface area contributed by atoms with Gasteiger partial charge in [-0.25, -0.2) is 4.39 Å². The number of hydrogen-bond donors (Lipinski definition) is 1. The molecule has 0 aliphatic rings. The number of aromatic nitrogens is 1. The number of hydrogen-bond acceptors (Lipinski definition) is 2. The second kappa shape index (κ2) is 3.84. The van der Waals surface area contributed by atoms with Gasteiger partial charge in [0.15, 0.2) is 0 Å². The molecule has 0 spiro atoms. The second-order valence-electron chi connectivity index (χ2n) is 2.39. The Morgan fingerprint density at radius 3 is 3.08 bits per heavy atom. The Balaban J connectivity index is 2.88. The van der Waals surface area contributed by atoms with Gasteiger partial charge in [0.25, 0.3) is 0 Å². The fourth-order valence-electron chi connectivity index (χ4n) is 0.894. The van der Waals surface area contributed by atoms with Crippen molar-refractivity contribution in [1.82, 2.24) is 4.98 Å². The highest BCUT2D eigenvalue weighted by Gasteiger charge is 2.10. The highest BCUT2D eigenvalue weighted by Crippen LogP contribution is 2.13. The molecule has 0 aliphatic heterocycles. The number of halogens is 1. The topological polar surface area (TPSA) is 38.9 Å². The van der Waals surface area contributed by atoms with Crippen LogP contribution in [0.4, 0.5) is 4.39 Å². The Morgan fingerprint density at radius 1 is 1.75 bits per heavy atom. The lowest BCUT2D eigenvalue weighted by molar-refractivity contribution is 0.569. The van der Waals surface area contributed by atoms with Crippen molar-refractivity contribution in [2.75, 3.05) is 0 Å².